The predicted molar refractivity (Wildman–Crippen MR) is 65.8 cm³/mol. The van der Waals surface area contributed by atoms with Gasteiger partial charge in [0.25, 0.3) is 0 Å². The highest BCUT2D eigenvalue weighted by Gasteiger charge is 2.26. The third kappa shape index (κ3) is 1.62. The van der Waals surface area contributed by atoms with Gasteiger partial charge in [0, 0.05) is 25.1 Å². The van der Waals surface area contributed by atoms with Gasteiger partial charge >= 0.3 is 0 Å². The maximum Gasteiger partial charge on any atom is 0.127 e. The van der Waals surface area contributed by atoms with Crippen LogP contribution >= 0.6 is 0 Å². The maximum atomic E-state index is 4.77. The Kier molecular flexibility index (Phi) is 2.62. The van der Waals surface area contributed by atoms with Crippen LogP contribution in [0.5, 0.6) is 0 Å². The topological polar surface area (TPSA) is 29.9 Å². The van der Waals surface area contributed by atoms with Crippen LogP contribution in [0.1, 0.15) is 55.7 Å². The molecule has 16 heavy (non-hydrogen) atoms. The molecule has 1 fully saturated rings. The zero-order valence-corrected chi connectivity index (χ0v) is 10.1. The molecule has 3 rings (SSSR count). The van der Waals surface area contributed by atoms with Crippen molar-refractivity contribution in [2.45, 2.75) is 50.9 Å². The molecule has 1 aliphatic carbocycles. The average molecular weight is 219 g/mol. The van der Waals surface area contributed by atoms with E-state index in [-0.39, 0.29) is 0 Å². The molecule has 0 radical (unpaired) electrons. The van der Waals surface area contributed by atoms with Gasteiger partial charge in [0.15, 0.2) is 0 Å². The van der Waals surface area contributed by atoms with Crippen LogP contribution in [-0.4, -0.2) is 16.3 Å². The van der Waals surface area contributed by atoms with E-state index in [2.05, 4.69) is 17.0 Å². The van der Waals surface area contributed by atoms with Crippen molar-refractivity contribution in [3.05, 3.63) is 11.3 Å². The van der Waals surface area contributed by atoms with Gasteiger partial charge in [0.2, 0.25) is 0 Å². The van der Waals surface area contributed by atoms with Gasteiger partial charge in [-0.1, -0.05) is 12.8 Å². The summed E-state index contributed by atoms with van der Waals surface area (Å²) in [6.45, 7) is 1.11. The van der Waals surface area contributed by atoms with E-state index in [4.69, 9.17) is 5.10 Å². The zero-order chi connectivity index (χ0) is 11.0. The van der Waals surface area contributed by atoms with E-state index in [1.54, 1.807) is 0 Å². The average Bonchev–Trinajstić information content (AvgIpc) is 2.82. The number of hydrogen-bond donors (Lipinski definition) is 1. The third-order valence-corrected chi connectivity index (χ3v) is 4.06. The van der Waals surface area contributed by atoms with Crippen molar-refractivity contribution < 1.29 is 0 Å². The summed E-state index contributed by atoms with van der Waals surface area (Å²) in [5, 5.41) is 8.31. The van der Waals surface area contributed by atoms with Crippen LogP contribution in [0.2, 0.25) is 0 Å². The van der Waals surface area contributed by atoms with Crippen molar-refractivity contribution in [1.29, 1.82) is 0 Å². The van der Waals surface area contributed by atoms with Crippen molar-refractivity contribution in [3.63, 3.8) is 0 Å². The molecule has 2 heterocycles. The largest absolute Gasteiger partial charge is 0.370 e. The van der Waals surface area contributed by atoms with Gasteiger partial charge in [-0.3, -0.25) is 4.68 Å². The Balaban J connectivity index is 1.98. The van der Waals surface area contributed by atoms with Crippen molar-refractivity contribution in [2.24, 2.45) is 7.05 Å². The molecule has 2 aliphatic rings. The number of nitrogens with one attached hydrogen (secondary N) is 1. The van der Waals surface area contributed by atoms with Crippen molar-refractivity contribution in [3.8, 4) is 0 Å². The number of aryl methyl sites for hydroxylation is 1. The number of rotatable bonds is 1. The standard InChI is InChI=1S/C13H21N3/c1-16-13-11(8-4-5-9-14-13)12(15-16)10-6-2-3-7-10/h10,14H,2-9H2,1H3. The van der Waals surface area contributed by atoms with Crippen LogP contribution in [0, 0.1) is 0 Å². The molecule has 3 heteroatoms. The third-order valence-electron chi connectivity index (χ3n) is 4.06. The van der Waals surface area contributed by atoms with Crippen molar-refractivity contribution >= 4 is 5.82 Å². The molecule has 0 amide bonds. The monoisotopic (exact) mass is 219 g/mol. The molecule has 0 aromatic carbocycles. The first-order chi connectivity index (χ1) is 7.86. The van der Waals surface area contributed by atoms with Gasteiger partial charge in [-0.2, -0.15) is 5.10 Å². The summed E-state index contributed by atoms with van der Waals surface area (Å²) in [4.78, 5) is 0. The number of hydrogen-bond acceptors (Lipinski definition) is 2. The molecule has 1 aromatic heterocycles. The molecule has 1 saturated carbocycles. The maximum absolute atomic E-state index is 4.77. The second kappa shape index (κ2) is 4.11. The first-order valence-electron chi connectivity index (χ1n) is 6.66. The second-order valence-corrected chi connectivity index (χ2v) is 5.20. The molecule has 0 spiro atoms. The van der Waals surface area contributed by atoms with Crippen LogP contribution in [0.15, 0.2) is 0 Å². The van der Waals surface area contributed by atoms with Crippen LogP contribution in [0.25, 0.3) is 0 Å². The number of fused-ring (bicyclic) bond motifs is 1. The molecule has 88 valence electrons. The van der Waals surface area contributed by atoms with Crippen LogP contribution in [0.4, 0.5) is 5.82 Å². The van der Waals surface area contributed by atoms with Crippen LogP contribution in [0.3, 0.4) is 0 Å². The molecular formula is C13H21N3. The molecular weight excluding hydrogens is 198 g/mol. The normalized spacial score (nSPS) is 21.6. The molecule has 0 unspecified atom stereocenters. The summed E-state index contributed by atoms with van der Waals surface area (Å²) in [5.74, 6) is 2.04. The summed E-state index contributed by atoms with van der Waals surface area (Å²) in [6.07, 6.45) is 9.31. The zero-order valence-electron chi connectivity index (χ0n) is 10.1. The Morgan fingerprint density at radius 3 is 2.81 bits per heavy atom. The minimum absolute atomic E-state index is 0.745. The van der Waals surface area contributed by atoms with Crippen molar-refractivity contribution in [2.75, 3.05) is 11.9 Å². The number of nitrogens with zero attached hydrogens (tertiary/aromatic N) is 2. The highest BCUT2D eigenvalue weighted by atomic mass is 15.3. The molecule has 0 atom stereocenters. The fourth-order valence-corrected chi connectivity index (χ4v) is 3.22. The quantitative estimate of drug-likeness (QED) is 0.787. The lowest BCUT2D eigenvalue weighted by atomic mass is 9.97. The van der Waals surface area contributed by atoms with E-state index in [1.807, 2.05) is 0 Å². The SMILES string of the molecule is Cn1nc(C2CCCC2)c2c1NCCCC2. The van der Waals surface area contributed by atoms with Crippen molar-refractivity contribution in [1.82, 2.24) is 9.78 Å². The summed E-state index contributed by atoms with van der Waals surface area (Å²) in [7, 11) is 2.08. The Morgan fingerprint density at radius 1 is 1.19 bits per heavy atom. The van der Waals surface area contributed by atoms with E-state index in [9.17, 15) is 0 Å². The van der Waals surface area contributed by atoms with E-state index in [0.717, 1.165) is 12.5 Å². The molecule has 1 N–H and O–H groups in total. The van der Waals surface area contributed by atoms with Gasteiger partial charge in [-0.15, -0.1) is 0 Å². The molecule has 0 bridgehead atoms. The Hall–Kier alpha value is -0.990. The van der Waals surface area contributed by atoms with E-state index in [0.29, 0.717) is 0 Å². The lowest BCUT2D eigenvalue weighted by molar-refractivity contribution is 0.647. The van der Waals surface area contributed by atoms with Gasteiger partial charge in [-0.05, 0) is 32.1 Å². The van der Waals surface area contributed by atoms with E-state index in [1.165, 1.54) is 62.0 Å². The summed E-state index contributed by atoms with van der Waals surface area (Å²) in [5.41, 5.74) is 2.93. The number of anilines is 1. The highest BCUT2D eigenvalue weighted by Crippen LogP contribution is 2.38. The lowest BCUT2D eigenvalue weighted by Gasteiger charge is -2.08. The van der Waals surface area contributed by atoms with Crippen LogP contribution < -0.4 is 5.32 Å². The second-order valence-electron chi connectivity index (χ2n) is 5.20. The minimum Gasteiger partial charge on any atom is -0.370 e. The fourth-order valence-electron chi connectivity index (χ4n) is 3.22. The Labute approximate surface area is 97.2 Å². The van der Waals surface area contributed by atoms with Gasteiger partial charge < -0.3 is 5.32 Å². The molecule has 1 aliphatic heterocycles. The lowest BCUT2D eigenvalue weighted by Crippen LogP contribution is -2.04. The Morgan fingerprint density at radius 2 is 2.00 bits per heavy atom. The smallest absolute Gasteiger partial charge is 0.127 e. The van der Waals surface area contributed by atoms with Crippen LogP contribution in [-0.2, 0) is 13.5 Å². The first-order valence-corrected chi connectivity index (χ1v) is 6.66. The van der Waals surface area contributed by atoms with Gasteiger partial charge in [0.1, 0.15) is 5.82 Å². The van der Waals surface area contributed by atoms with E-state index < -0.39 is 0 Å². The molecule has 1 aromatic rings. The first kappa shape index (κ1) is 10.2. The van der Waals surface area contributed by atoms with E-state index >= 15 is 0 Å². The Bertz CT molecular complexity index is 375. The minimum atomic E-state index is 0.745. The predicted octanol–water partition coefficient (Wildman–Crippen LogP) is 2.83. The molecule has 3 nitrogen and oxygen atoms in total. The summed E-state index contributed by atoms with van der Waals surface area (Å²) >= 11 is 0. The summed E-state index contributed by atoms with van der Waals surface area (Å²) < 4.78 is 2.06. The summed E-state index contributed by atoms with van der Waals surface area (Å²) in [6, 6.07) is 0. The van der Waals surface area contributed by atoms with Gasteiger partial charge in [-0.25, -0.2) is 0 Å². The highest BCUT2D eigenvalue weighted by molar-refractivity contribution is 5.49. The van der Waals surface area contributed by atoms with Gasteiger partial charge in [0.05, 0.1) is 5.69 Å². The number of aromatic nitrogens is 2. The fraction of sp³-hybridized carbons (Fsp3) is 0.769. The molecule has 0 saturated heterocycles.